The van der Waals surface area contributed by atoms with Gasteiger partial charge in [-0.3, -0.25) is 0 Å². The predicted molar refractivity (Wildman–Crippen MR) is 46.1 cm³/mol. The van der Waals surface area contributed by atoms with Gasteiger partial charge in [-0.05, 0) is 19.1 Å². The van der Waals surface area contributed by atoms with Crippen LogP contribution in [0.1, 0.15) is 5.82 Å². The Hall–Kier alpha value is -1.84. The third kappa shape index (κ3) is 1.38. The molecule has 1 aromatic carbocycles. The Bertz CT molecular complexity index is 423. The summed E-state index contributed by atoms with van der Waals surface area (Å²) in [6.07, 6.45) is 0. The first kappa shape index (κ1) is 7.79. The summed E-state index contributed by atoms with van der Waals surface area (Å²) in [5, 5.41) is 13.1. The number of phenolic OH excluding ortho intramolecular Hbond substituents is 1. The molecule has 66 valence electrons. The van der Waals surface area contributed by atoms with Crippen molar-refractivity contribution in [3.63, 3.8) is 0 Å². The van der Waals surface area contributed by atoms with Crippen LogP contribution in [0.25, 0.3) is 11.5 Å². The van der Waals surface area contributed by atoms with E-state index in [2.05, 4.69) is 10.1 Å². The van der Waals surface area contributed by atoms with E-state index in [-0.39, 0.29) is 5.75 Å². The van der Waals surface area contributed by atoms with Gasteiger partial charge in [-0.2, -0.15) is 4.98 Å². The zero-order valence-electron chi connectivity index (χ0n) is 7.06. The van der Waals surface area contributed by atoms with E-state index in [1.807, 2.05) is 0 Å². The first-order valence-corrected chi connectivity index (χ1v) is 3.86. The highest BCUT2D eigenvalue weighted by Gasteiger charge is 2.09. The van der Waals surface area contributed by atoms with Crippen LogP contribution in [0.5, 0.6) is 5.75 Å². The molecule has 0 aliphatic heterocycles. The molecule has 1 aromatic heterocycles. The average Bonchev–Trinajstić information content (AvgIpc) is 2.53. The van der Waals surface area contributed by atoms with Crippen LogP contribution in [-0.4, -0.2) is 15.2 Å². The van der Waals surface area contributed by atoms with Gasteiger partial charge in [-0.1, -0.05) is 17.3 Å². The number of hydrogen-bond donors (Lipinski definition) is 1. The number of aromatic hydroxyl groups is 1. The van der Waals surface area contributed by atoms with E-state index in [0.29, 0.717) is 17.3 Å². The average molecular weight is 176 g/mol. The molecule has 4 heteroatoms. The van der Waals surface area contributed by atoms with E-state index in [4.69, 9.17) is 4.52 Å². The molecule has 13 heavy (non-hydrogen) atoms. The van der Waals surface area contributed by atoms with Gasteiger partial charge in [0.05, 0.1) is 5.56 Å². The first-order chi connectivity index (χ1) is 6.27. The summed E-state index contributed by atoms with van der Waals surface area (Å²) in [4.78, 5) is 4.00. The third-order valence-corrected chi connectivity index (χ3v) is 1.66. The number of rotatable bonds is 1. The number of benzene rings is 1. The van der Waals surface area contributed by atoms with E-state index in [1.54, 1.807) is 31.2 Å². The molecule has 0 unspecified atom stereocenters. The highest BCUT2D eigenvalue weighted by molar-refractivity contribution is 5.61. The quantitative estimate of drug-likeness (QED) is 0.719. The smallest absolute Gasteiger partial charge is 0.261 e. The molecule has 0 radical (unpaired) electrons. The van der Waals surface area contributed by atoms with Gasteiger partial charge in [0.25, 0.3) is 5.89 Å². The molecule has 0 saturated carbocycles. The molecular formula is C9H8N2O2. The number of aromatic nitrogens is 2. The van der Waals surface area contributed by atoms with Gasteiger partial charge < -0.3 is 9.63 Å². The number of aryl methyl sites for hydroxylation is 1. The second-order valence-electron chi connectivity index (χ2n) is 2.66. The summed E-state index contributed by atoms with van der Waals surface area (Å²) >= 11 is 0. The van der Waals surface area contributed by atoms with Gasteiger partial charge in [0.1, 0.15) is 5.75 Å². The minimum absolute atomic E-state index is 0.145. The Morgan fingerprint density at radius 3 is 2.69 bits per heavy atom. The molecule has 1 N–H and O–H groups in total. The van der Waals surface area contributed by atoms with Crippen molar-refractivity contribution >= 4 is 0 Å². The molecule has 0 bridgehead atoms. The Kier molecular flexibility index (Phi) is 1.73. The molecule has 0 amide bonds. The van der Waals surface area contributed by atoms with E-state index in [9.17, 15) is 5.11 Å². The lowest BCUT2D eigenvalue weighted by Gasteiger charge is -1.96. The topological polar surface area (TPSA) is 59.2 Å². The van der Waals surface area contributed by atoms with Crippen molar-refractivity contribution < 1.29 is 9.63 Å². The lowest BCUT2D eigenvalue weighted by molar-refractivity contribution is 0.420. The van der Waals surface area contributed by atoms with Gasteiger partial charge in [0.2, 0.25) is 0 Å². The van der Waals surface area contributed by atoms with Gasteiger partial charge in [-0.25, -0.2) is 0 Å². The summed E-state index contributed by atoms with van der Waals surface area (Å²) in [5.41, 5.74) is 0.558. The highest BCUT2D eigenvalue weighted by Crippen LogP contribution is 2.26. The summed E-state index contributed by atoms with van der Waals surface area (Å²) in [7, 11) is 0. The van der Waals surface area contributed by atoms with E-state index in [1.165, 1.54) is 0 Å². The first-order valence-electron chi connectivity index (χ1n) is 3.86. The highest BCUT2D eigenvalue weighted by atomic mass is 16.5. The minimum Gasteiger partial charge on any atom is -0.507 e. The Morgan fingerprint density at radius 2 is 2.08 bits per heavy atom. The van der Waals surface area contributed by atoms with E-state index in [0.717, 1.165) is 0 Å². The number of hydrogen-bond acceptors (Lipinski definition) is 4. The number of para-hydroxylation sites is 1. The van der Waals surface area contributed by atoms with Crippen molar-refractivity contribution in [3.8, 4) is 17.2 Å². The van der Waals surface area contributed by atoms with Crippen LogP contribution in [-0.2, 0) is 0 Å². The van der Waals surface area contributed by atoms with Crippen LogP contribution in [0.2, 0.25) is 0 Å². The van der Waals surface area contributed by atoms with Gasteiger partial charge in [-0.15, -0.1) is 0 Å². The lowest BCUT2D eigenvalue weighted by Crippen LogP contribution is -1.78. The van der Waals surface area contributed by atoms with Crippen molar-refractivity contribution in [1.82, 2.24) is 10.1 Å². The van der Waals surface area contributed by atoms with E-state index < -0.39 is 0 Å². The maximum atomic E-state index is 9.45. The Morgan fingerprint density at radius 1 is 1.31 bits per heavy atom. The van der Waals surface area contributed by atoms with Crippen LogP contribution in [0, 0.1) is 6.92 Å². The molecule has 4 nitrogen and oxygen atoms in total. The van der Waals surface area contributed by atoms with Crippen LogP contribution < -0.4 is 0 Å². The molecule has 0 saturated heterocycles. The molecule has 0 aliphatic rings. The van der Waals surface area contributed by atoms with Crippen molar-refractivity contribution in [2.24, 2.45) is 0 Å². The fourth-order valence-electron chi connectivity index (χ4n) is 1.06. The van der Waals surface area contributed by atoms with Gasteiger partial charge in [0.15, 0.2) is 5.82 Å². The Balaban J connectivity index is 2.52. The summed E-state index contributed by atoms with van der Waals surface area (Å²) in [6, 6.07) is 6.84. The third-order valence-electron chi connectivity index (χ3n) is 1.66. The van der Waals surface area contributed by atoms with Crippen LogP contribution >= 0.6 is 0 Å². The predicted octanol–water partition coefficient (Wildman–Crippen LogP) is 1.75. The van der Waals surface area contributed by atoms with Crippen molar-refractivity contribution in [1.29, 1.82) is 0 Å². The molecule has 1 heterocycles. The van der Waals surface area contributed by atoms with Crippen molar-refractivity contribution in [2.75, 3.05) is 0 Å². The van der Waals surface area contributed by atoms with E-state index >= 15 is 0 Å². The molecule has 2 aromatic rings. The van der Waals surface area contributed by atoms with Crippen molar-refractivity contribution in [2.45, 2.75) is 6.92 Å². The van der Waals surface area contributed by atoms with Crippen LogP contribution in [0.3, 0.4) is 0 Å². The molecule has 0 aliphatic carbocycles. The van der Waals surface area contributed by atoms with Crippen molar-refractivity contribution in [3.05, 3.63) is 30.1 Å². The molecule has 0 atom stereocenters. The Labute approximate surface area is 74.8 Å². The molecular weight excluding hydrogens is 168 g/mol. The van der Waals surface area contributed by atoms with Crippen LogP contribution in [0.4, 0.5) is 0 Å². The zero-order chi connectivity index (χ0) is 9.26. The van der Waals surface area contributed by atoms with Gasteiger partial charge in [0, 0.05) is 0 Å². The summed E-state index contributed by atoms with van der Waals surface area (Å²) in [5.74, 6) is 1.04. The summed E-state index contributed by atoms with van der Waals surface area (Å²) < 4.78 is 4.91. The number of nitrogens with zero attached hydrogens (tertiary/aromatic N) is 2. The van der Waals surface area contributed by atoms with Crippen LogP contribution in [0.15, 0.2) is 28.8 Å². The largest absolute Gasteiger partial charge is 0.507 e. The second-order valence-corrected chi connectivity index (χ2v) is 2.66. The molecule has 0 fully saturated rings. The fourth-order valence-corrected chi connectivity index (χ4v) is 1.06. The standard InChI is InChI=1S/C9H8N2O2/c1-6-10-9(13-11-6)7-4-2-3-5-8(7)12/h2-5,12H,1H3. The fraction of sp³-hybridized carbons (Fsp3) is 0.111. The summed E-state index contributed by atoms with van der Waals surface area (Å²) in [6.45, 7) is 1.73. The van der Waals surface area contributed by atoms with Gasteiger partial charge >= 0.3 is 0 Å². The zero-order valence-corrected chi connectivity index (χ0v) is 7.06. The molecule has 0 spiro atoms. The molecule has 2 rings (SSSR count). The maximum Gasteiger partial charge on any atom is 0.261 e. The minimum atomic E-state index is 0.145. The maximum absolute atomic E-state index is 9.45. The normalized spacial score (nSPS) is 10.2. The second kappa shape index (κ2) is 2.90. The SMILES string of the molecule is Cc1noc(-c2ccccc2O)n1. The number of phenols is 1. The lowest BCUT2D eigenvalue weighted by atomic mass is 10.2. The monoisotopic (exact) mass is 176 g/mol.